The van der Waals surface area contributed by atoms with Crippen molar-refractivity contribution in [3.05, 3.63) is 40.8 Å². The number of amides is 1. The lowest BCUT2D eigenvalue weighted by molar-refractivity contribution is -0.123. The van der Waals surface area contributed by atoms with Gasteiger partial charge in [-0.3, -0.25) is 14.5 Å². The lowest BCUT2D eigenvalue weighted by Gasteiger charge is -2.33. The molecule has 7 nitrogen and oxygen atoms in total. The second kappa shape index (κ2) is 8.42. The molecule has 0 radical (unpaired) electrons. The molecule has 0 saturated carbocycles. The first kappa shape index (κ1) is 18.5. The van der Waals surface area contributed by atoms with Crippen molar-refractivity contribution in [2.24, 2.45) is 5.92 Å². The number of benzene rings is 1. The fourth-order valence-electron chi connectivity index (χ4n) is 3.25. The summed E-state index contributed by atoms with van der Waals surface area (Å²) in [6.07, 6.45) is 1.59. The Hall–Kier alpha value is -2.25. The van der Waals surface area contributed by atoms with Gasteiger partial charge >= 0.3 is 0 Å². The van der Waals surface area contributed by atoms with Gasteiger partial charge in [0.05, 0.1) is 24.3 Å². The molecule has 3 rings (SSSR count). The highest BCUT2D eigenvalue weighted by Crippen LogP contribution is 2.08. The third-order valence-corrected chi connectivity index (χ3v) is 4.43. The number of ether oxygens (including phenoxy) is 1. The molecule has 140 valence electrons. The predicted molar refractivity (Wildman–Crippen MR) is 100 cm³/mol. The lowest BCUT2D eigenvalue weighted by Crippen LogP contribution is -2.49. The molecule has 1 aromatic carbocycles. The van der Waals surface area contributed by atoms with Gasteiger partial charge in [-0.1, -0.05) is 32.0 Å². The maximum atomic E-state index is 12.4. The minimum atomic E-state index is -0.254. The first-order valence-electron chi connectivity index (χ1n) is 9.08. The minimum Gasteiger partial charge on any atom is -0.374 e. The normalized spacial score (nSPS) is 18.3. The molecule has 0 spiro atoms. The fourth-order valence-corrected chi connectivity index (χ4v) is 3.25. The van der Waals surface area contributed by atoms with Crippen molar-refractivity contribution in [3.63, 3.8) is 0 Å². The molecule has 2 heterocycles. The molecule has 26 heavy (non-hydrogen) atoms. The maximum Gasteiger partial charge on any atom is 0.275 e. The molecular formula is C19H26N4O3. The zero-order valence-electron chi connectivity index (χ0n) is 15.4. The van der Waals surface area contributed by atoms with Gasteiger partial charge in [-0.25, -0.2) is 4.68 Å². The van der Waals surface area contributed by atoms with Crippen molar-refractivity contribution in [3.8, 4) is 0 Å². The molecule has 1 atom stereocenters. The predicted octanol–water partition coefficient (Wildman–Crippen LogP) is 0.869. The van der Waals surface area contributed by atoms with E-state index < -0.39 is 0 Å². The van der Waals surface area contributed by atoms with E-state index in [9.17, 15) is 9.59 Å². The van der Waals surface area contributed by atoms with Gasteiger partial charge in [-0.2, -0.15) is 5.10 Å². The zero-order valence-corrected chi connectivity index (χ0v) is 15.4. The van der Waals surface area contributed by atoms with Gasteiger partial charge in [0, 0.05) is 31.6 Å². The van der Waals surface area contributed by atoms with E-state index in [1.54, 1.807) is 18.3 Å². The van der Waals surface area contributed by atoms with E-state index >= 15 is 0 Å². The third kappa shape index (κ3) is 4.68. The molecule has 0 bridgehead atoms. The summed E-state index contributed by atoms with van der Waals surface area (Å²) in [5, 5.41) is 8.29. The van der Waals surface area contributed by atoms with E-state index in [4.69, 9.17) is 4.74 Å². The Balaban J connectivity index is 1.54. The van der Waals surface area contributed by atoms with Gasteiger partial charge in [0.15, 0.2) is 0 Å². The molecule has 1 fully saturated rings. The van der Waals surface area contributed by atoms with Gasteiger partial charge in [0.2, 0.25) is 5.91 Å². The number of hydrogen-bond donors (Lipinski definition) is 1. The highest BCUT2D eigenvalue weighted by molar-refractivity contribution is 5.81. The van der Waals surface area contributed by atoms with Crippen LogP contribution in [0, 0.1) is 5.92 Å². The lowest BCUT2D eigenvalue weighted by atomic mass is 10.2. The minimum absolute atomic E-state index is 0.0206. The fraction of sp³-hybridized carbons (Fsp3) is 0.526. The number of aromatic nitrogens is 2. The largest absolute Gasteiger partial charge is 0.374 e. The van der Waals surface area contributed by atoms with Crippen LogP contribution >= 0.6 is 0 Å². The number of rotatable bonds is 6. The Labute approximate surface area is 152 Å². The van der Waals surface area contributed by atoms with Crippen molar-refractivity contribution < 1.29 is 9.53 Å². The van der Waals surface area contributed by atoms with E-state index in [-0.39, 0.29) is 24.1 Å². The monoisotopic (exact) mass is 358 g/mol. The molecule has 1 aliphatic heterocycles. The summed E-state index contributed by atoms with van der Waals surface area (Å²) in [7, 11) is 0. The molecule has 1 unspecified atom stereocenters. The van der Waals surface area contributed by atoms with Gasteiger partial charge in [0.25, 0.3) is 5.56 Å². The maximum absolute atomic E-state index is 12.4. The Morgan fingerprint density at radius 2 is 2.19 bits per heavy atom. The summed E-state index contributed by atoms with van der Waals surface area (Å²) < 4.78 is 6.93. The van der Waals surface area contributed by atoms with E-state index in [1.165, 1.54) is 4.68 Å². The molecule has 7 heteroatoms. The molecule has 1 saturated heterocycles. The van der Waals surface area contributed by atoms with Gasteiger partial charge in [-0.15, -0.1) is 0 Å². The van der Waals surface area contributed by atoms with Gasteiger partial charge in [0.1, 0.15) is 6.54 Å². The van der Waals surface area contributed by atoms with Crippen molar-refractivity contribution in [2.45, 2.75) is 26.5 Å². The Morgan fingerprint density at radius 1 is 1.38 bits per heavy atom. The first-order valence-corrected chi connectivity index (χ1v) is 9.08. The van der Waals surface area contributed by atoms with Crippen molar-refractivity contribution in [1.29, 1.82) is 0 Å². The standard InChI is InChI=1S/C19H26N4O3/c1-14(2)11-22-7-8-26-16(12-22)10-20-18(24)13-23-19(25)17-6-4-3-5-15(17)9-21-23/h3-6,9,14,16H,7-8,10-13H2,1-2H3,(H,20,24). The van der Waals surface area contributed by atoms with E-state index in [1.807, 2.05) is 12.1 Å². The van der Waals surface area contributed by atoms with E-state index in [2.05, 4.69) is 29.2 Å². The van der Waals surface area contributed by atoms with Gasteiger partial charge < -0.3 is 10.1 Å². The molecule has 1 aliphatic rings. The number of carbonyl (C=O) groups is 1. The smallest absolute Gasteiger partial charge is 0.275 e. The van der Waals surface area contributed by atoms with Crippen LogP contribution in [0.2, 0.25) is 0 Å². The van der Waals surface area contributed by atoms with Crippen LogP contribution in [-0.4, -0.2) is 59.5 Å². The quantitative estimate of drug-likeness (QED) is 0.829. The summed E-state index contributed by atoms with van der Waals surface area (Å²) in [5.41, 5.74) is -0.254. The molecule has 1 aromatic heterocycles. The zero-order chi connectivity index (χ0) is 18.5. The number of nitrogens with zero attached hydrogens (tertiary/aromatic N) is 3. The number of morpholine rings is 1. The van der Waals surface area contributed by atoms with Crippen LogP contribution in [0.15, 0.2) is 35.3 Å². The summed E-state index contributed by atoms with van der Waals surface area (Å²) >= 11 is 0. The third-order valence-electron chi connectivity index (χ3n) is 4.43. The topological polar surface area (TPSA) is 76.5 Å². The molecule has 0 aliphatic carbocycles. The highest BCUT2D eigenvalue weighted by Gasteiger charge is 2.21. The summed E-state index contributed by atoms with van der Waals surface area (Å²) in [6, 6.07) is 7.23. The Morgan fingerprint density at radius 3 is 3.00 bits per heavy atom. The molecule has 2 aromatic rings. The van der Waals surface area contributed by atoms with E-state index in [0.29, 0.717) is 24.5 Å². The van der Waals surface area contributed by atoms with Crippen LogP contribution in [-0.2, 0) is 16.1 Å². The van der Waals surface area contributed by atoms with Crippen LogP contribution in [0.25, 0.3) is 10.8 Å². The van der Waals surface area contributed by atoms with E-state index in [0.717, 1.165) is 25.0 Å². The highest BCUT2D eigenvalue weighted by atomic mass is 16.5. The average Bonchev–Trinajstić information content (AvgIpc) is 2.62. The van der Waals surface area contributed by atoms with Crippen LogP contribution in [0.1, 0.15) is 13.8 Å². The summed E-state index contributed by atoms with van der Waals surface area (Å²) in [6.45, 7) is 8.19. The van der Waals surface area contributed by atoms with Crippen LogP contribution in [0.5, 0.6) is 0 Å². The number of hydrogen-bond acceptors (Lipinski definition) is 5. The van der Waals surface area contributed by atoms with Crippen LogP contribution in [0.4, 0.5) is 0 Å². The number of nitrogens with one attached hydrogen (secondary N) is 1. The molecule has 1 amide bonds. The van der Waals surface area contributed by atoms with Crippen molar-refractivity contribution in [1.82, 2.24) is 20.0 Å². The SMILES string of the molecule is CC(C)CN1CCOC(CNC(=O)Cn2ncc3ccccc3c2=O)C1. The van der Waals surface area contributed by atoms with Crippen molar-refractivity contribution >= 4 is 16.7 Å². The second-order valence-corrected chi connectivity index (χ2v) is 7.14. The second-order valence-electron chi connectivity index (χ2n) is 7.14. The number of carbonyl (C=O) groups excluding carboxylic acids is 1. The average molecular weight is 358 g/mol. The Kier molecular flexibility index (Phi) is 6.00. The first-order chi connectivity index (χ1) is 12.5. The van der Waals surface area contributed by atoms with Crippen LogP contribution < -0.4 is 10.9 Å². The molecule has 1 N–H and O–H groups in total. The summed E-state index contributed by atoms with van der Waals surface area (Å²) in [5.74, 6) is 0.369. The van der Waals surface area contributed by atoms with Crippen molar-refractivity contribution in [2.75, 3.05) is 32.8 Å². The van der Waals surface area contributed by atoms with Crippen LogP contribution in [0.3, 0.4) is 0 Å². The van der Waals surface area contributed by atoms with Gasteiger partial charge in [-0.05, 0) is 12.0 Å². The molecular weight excluding hydrogens is 332 g/mol. The summed E-state index contributed by atoms with van der Waals surface area (Å²) in [4.78, 5) is 27.0. The number of fused-ring (bicyclic) bond motifs is 1. The Bertz CT molecular complexity index is 818.